The molecule has 0 spiro atoms. The molecule has 7 heteroatoms. The van der Waals surface area contributed by atoms with Crippen molar-refractivity contribution in [1.82, 2.24) is 9.97 Å². The summed E-state index contributed by atoms with van der Waals surface area (Å²) in [6.45, 7) is 0. The van der Waals surface area contributed by atoms with Crippen molar-refractivity contribution >= 4 is 62.1 Å². The molecule has 200 valence electrons. The van der Waals surface area contributed by atoms with Gasteiger partial charge in [0.05, 0.1) is 12.5 Å². The number of fused-ring (bicyclic) bond motifs is 9. The van der Waals surface area contributed by atoms with Gasteiger partial charge in [0.2, 0.25) is 5.75 Å². The summed E-state index contributed by atoms with van der Waals surface area (Å²) in [6, 6.07) is 37.1. The molecular formula is C35H23BN2O4. The minimum absolute atomic E-state index is 0.384. The fourth-order valence-corrected chi connectivity index (χ4v) is 6.01. The van der Waals surface area contributed by atoms with Crippen LogP contribution in [0.15, 0.2) is 114 Å². The zero-order valence-electron chi connectivity index (χ0n) is 22.7. The third kappa shape index (κ3) is 3.64. The van der Waals surface area contributed by atoms with E-state index < -0.39 is 7.69 Å². The van der Waals surface area contributed by atoms with Crippen molar-refractivity contribution in [2.24, 2.45) is 0 Å². The third-order valence-corrected chi connectivity index (χ3v) is 7.87. The Morgan fingerprint density at radius 3 is 1.90 bits per heavy atom. The minimum Gasteiger partial charge on any atom is -0.536 e. The Balaban J connectivity index is 1.44. The van der Waals surface area contributed by atoms with E-state index in [-0.39, 0.29) is 0 Å². The Bertz CT molecular complexity index is 2280. The predicted octanol–water partition coefficient (Wildman–Crippen LogP) is 7.82. The molecule has 8 rings (SSSR count). The number of hydrogen-bond acceptors (Lipinski definition) is 6. The number of hydrogen-bond donors (Lipinski definition) is 1. The second-order valence-corrected chi connectivity index (χ2v) is 10.1. The highest BCUT2D eigenvalue weighted by molar-refractivity contribution is 6.25. The summed E-state index contributed by atoms with van der Waals surface area (Å²) in [5.41, 5.74) is 4.21. The second kappa shape index (κ2) is 9.61. The molecular weight excluding hydrogens is 523 g/mol. The van der Waals surface area contributed by atoms with Crippen molar-refractivity contribution < 1.29 is 18.8 Å². The third-order valence-electron chi connectivity index (χ3n) is 7.87. The van der Waals surface area contributed by atoms with Gasteiger partial charge in [-0.3, -0.25) is 0 Å². The van der Waals surface area contributed by atoms with E-state index in [1.54, 1.807) is 13.2 Å². The molecule has 0 amide bonds. The average Bonchev–Trinajstić information content (AvgIpc) is 3.43. The first-order valence-electron chi connectivity index (χ1n) is 13.7. The zero-order chi connectivity index (χ0) is 28.2. The molecule has 0 aliphatic heterocycles. The van der Waals surface area contributed by atoms with Crippen molar-refractivity contribution in [2.45, 2.75) is 0 Å². The summed E-state index contributed by atoms with van der Waals surface area (Å²) < 4.78 is 17.4. The van der Waals surface area contributed by atoms with Crippen LogP contribution in [0.1, 0.15) is 0 Å². The van der Waals surface area contributed by atoms with Crippen LogP contribution < -0.4 is 9.39 Å². The monoisotopic (exact) mass is 546 g/mol. The first-order chi connectivity index (χ1) is 20.7. The number of nitrogens with zero attached hydrogens (tertiary/aromatic N) is 2. The molecule has 0 saturated heterocycles. The molecule has 0 aliphatic carbocycles. The van der Waals surface area contributed by atoms with Gasteiger partial charge in [-0.1, -0.05) is 91.0 Å². The maximum atomic E-state index is 9.38. The van der Waals surface area contributed by atoms with Crippen LogP contribution in [0.2, 0.25) is 0 Å². The van der Waals surface area contributed by atoms with Crippen molar-refractivity contribution in [3.63, 3.8) is 0 Å². The fourth-order valence-electron chi connectivity index (χ4n) is 6.01. The molecule has 0 radical (unpaired) electrons. The van der Waals surface area contributed by atoms with Gasteiger partial charge in [0.15, 0.2) is 17.0 Å². The summed E-state index contributed by atoms with van der Waals surface area (Å²) in [6.07, 6.45) is 0. The molecule has 1 N–H and O–H groups in total. The van der Waals surface area contributed by atoms with Gasteiger partial charge in [0.1, 0.15) is 17.0 Å². The normalized spacial score (nSPS) is 11.6. The molecule has 2 heterocycles. The highest BCUT2D eigenvalue weighted by Crippen LogP contribution is 2.43. The van der Waals surface area contributed by atoms with E-state index in [0.717, 1.165) is 21.9 Å². The van der Waals surface area contributed by atoms with Gasteiger partial charge < -0.3 is 18.8 Å². The first kappa shape index (κ1) is 24.4. The van der Waals surface area contributed by atoms with Crippen LogP contribution >= 0.6 is 0 Å². The molecule has 0 bridgehead atoms. The Morgan fingerprint density at radius 1 is 0.619 bits per heavy atom. The summed E-state index contributed by atoms with van der Waals surface area (Å²) in [5.74, 6) is 1.37. The summed E-state index contributed by atoms with van der Waals surface area (Å²) in [7, 11) is 1.07. The van der Waals surface area contributed by atoms with E-state index in [4.69, 9.17) is 23.8 Å². The van der Waals surface area contributed by atoms with Crippen LogP contribution in [0.25, 0.3) is 77.0 Å². The quantitative estimate of drug-likeness (QED) is 0.175. The van der Waals surface area contributed by atoms with Gasteiger partial charge >= 0.3 is 7.69 Å². The average molecular weight is 546 g/mol. The van der Waals surface area contributed by atoms with Gasteiger partial charge in [-0.2, -0.15) is 0 Å². The molecule has 0 saturated carbocycles. The molecule has 6 aromatic carbocycles. The maximum absolute atomic E-state index is 9.38. The van der Waals surface area contributed by atoms with Crippen LogP contribution in [0.5, 0.6) is 11.5 Å². The topological polar surface area (TPSA) is 77.6 Å². The molecule has 42 heavy (non-hydrogen) atoms. The smallest absolute Gasteiger partial charge is 0.504 e. The SMILES string of the molecule is COc1c(OBO)ccc2c1oc1c(-c3ccccc3)nc(-c3ccc4c5ccccc5c5ccccc5c4c3)nc12. The first-order valence-corrected chi connectivity index (χ1v) is 13.7. The van der Waals surface area contributed by atoms with Crippen LogP contribution in [-0.4, -0.2) is 29.8 Å². The molecule has 0 aliphatic rings. The number of furan rings is 1. The molecule has 0 unspecified atom stereocenters. The molecule has 0 atom stereocenters. The van der Waals surface area contributed by atoms with Crippen LogP contribution in [0, 0.1) is 0 Å². The second-order valence-electron chi connectivity index (χ2n) is 10.1. The van der Waals surface area contributed by atoms with E-state index in [9.17, 15) is 5.02 Å². The molecule has 2 aromatic heterocycles. The van der Waals surface area contributed by atoms with Gasteiger partial charge in [0.25, 0.3) is 0 Å². The lowest BCUT2D eigenvalue weighted by atomic mass is 9.93. The van der Waals surface area contributed by atoms with Gasteiger partial charge in [-0.15, -0.1) is 0 Å². The number of benzene rings is 6. The lowest BCUT2D eigenvalue weighted by Gasteiger charge is -2.12. The van der Waals surface area contributed by atoms with Crippen LogP contribution in [0.4, 0.5) is 0 Å². The van der Waals surface area contributed by atoms with E-state index in [1.807, 2.05) is 36.4 Å². The molecule has 6 nitrogen and oxygen atoms in total. The van der Waals surface area contributed by atoms with Gasteiger partial charge in [-0.05, 0) is 50.5 Å². The largest absolute Gasteiger partial charge is 0.536 e. The van der Waals surface area contributed by atoms with E-state index in [2.05, 4.69) is 66.7 Å². The minimum atomic E-state index is -0.479. The van der Waals surface area contributed by atoms with Crippen molar-refractivity contribution in [2.75, 3.05) is 7.11 Å². The number of ether oxygens (including phenoxy) is 1. The summed E-state index contributed by atoms with van der Waals surface area (Å²) in [4.78, 5) is 10.2. The molecule has 0 fully saturated rings. The lowest BCUT2D eigenvalue weighted by Crippen LogP contribution is -2.01. The number of methoxy groups -OCH3 is 1. The standard InChI is InChI=1S/C35H23BN2O4/c1-40-33-29(42-36-39)18-17-27-31-34(41-32(27)33)30(20-9-3-2-4-10-20)37-35(38-31)21-15-16-26-24-13-6-5-11-22(24)23-12-7-8-14-25(23)28(26)19-21/h2-19,36,39H,1H3. The summed E-state index contributed by atoms with van der Waals surface area (Å²) in [5, 5.41) is 17.3. The zero-order valence-corrected chi connectivity index (χ0v) is 22.7. The highest BCUT2D eigenvalue weighted by Gasteiger charge is 2.22. The van der Waals surface area contributed by atoms with Crippen molar-refractivity contribution in [3.05, 3.63) is 109 Å². The van der Waals surface area contributed by atoms with Gasteiger partial charge in [-0.25, -0.2) is 9.97 Å². The number of aromatic nitrogens is 2. The van der Waals surface area contributed by atoms with Crippen LogP contribution in [0.3, 0.4) is 0 Å². The highest BCUT2D eigenvalue weighted by atomic mass is 16.5. The van der Waals surface area contributed by atoms with Crippen molar-refractivity contribution in [1.29, 1.82) is 0 Å². The lowest BCUT2D eigenvalue weighted by molar-refractivity contribution is 0.380. The Labute approximate surface area is 241 Å². The van der Waals surface area contributed by atoms with Gasteiger partial charge in [0, 0.05) is 11.1 Å². The summed E-state index contributed by atoms with van der Waals surface area (Å²) >= 11 is 0. The predicted molar refractivity (Wildman–Crippen MR) is 169 cm³/mol. The maximum Gasteiger partial charge on any atom is 0.504 e. The Hall–Kier alpha value is -5.40. The van der Waals surface area contributed by atoms with E-state index in [1.165, 1.54) is 26.9 Å². The Morgan fingerprint density at radius 2 is 1.24 bits per heavy atom. The van der Waals surface area contributed by atoms with E-state index >= 15 is 0 Å². The van der Waals surface area contributed by atoms with Crippen molar-refractivity contribution in [3.8, 4) is 34.1 Å². The van der Waals surface area contributed by atoms with E-state index in [0.29, 0.717) is 39.7 Å². The fraction of sp³-hybridized carbons (Fsp3) is 0.0286. The van der Waals surface area contributed by atoms with Crippen LogP contribution in [-0.2, 0) is 0 Å². The number of rotatable bonds is 5. The Kier molecular flexibility index (Phi) is 5.58. The molecule has 8 aromatic rings.